The van der Waals surface area contributed by atoms with E-state index < -0.39 is 0 Å². The van der Waals surface area contributed by atoms with Gasteiger partial charge in [0.1, 0.15) is 0 Å². The summed E-state index contributed by atoms with van der Waals surface area (Å²) in [7, 11) is 0. The number of carbonyl (C=O) groups excluding carboxylic acids is 1. The fraction of sp³-hybridized carbons (Fsp3) is 0.150. The third-order valence-corrected chi connectivity index (χ3v) is 3.65. The van der Waals surface area contributed by atoms with Crippen LogP contribution in [-0.2, 0) is 0 Å². The molecule has 0 unspecified atom stereocenters. The van der Waals surface area contributed by atoms with Crippen LogP contribution in [0.15, 0.2) is 71.4 Å². The first-order valence-electron chi connectivity index (χ1n) is 7.14. The van der Waals surface area contributed by atoms with Crippen molar-refractivity contribution in [2.45, 2.75) is 19.8 Å². The highest BCUT2D eigenvalue weighted by molar-refractivity contribution is 5.94. The molecular weight excluding hydrogens is 256 g/mol. The molecule has 0 aliphatic heterocycles. The summed E-state index contributed by atoms with van der Waals surface area (Å²) in [5.41, 5.74) is 5.24. The summed E-state index contributed by atoms with van der Waals surface area (Å²) in [6.07, 6.45) is 12.8. The van der Waals surface area contributed by atoms with Crippen LogP contribution in [0.2, 0.25) is 0 Å². The molecule has 0 amide bonds. The van der Waals surface area contributed by atoms with E-state index in [9.17, 15) is 4.79 Å². The molecule has 3 rings (SSSR count). The molecule has 0 saturated heterocycles. The predicted molar refractivity (Wildman–Crippen MR) is 85.9 cm³/mol. The summed E-state index contributed by atoms with van der Waals surface area (Å²) in [5, 5.41) is 0. The maximum Gasteiger partial charge on any atom is 0.159 e. The zero-order chi connectivity index (χ0) is 14.7. The molecule has 102 valence electrons. The Labute approximate surface area is 125 Å². The minimum Gasteiger partial charge on any atom is -0.295 e. The van der Waals surface area contributed by atoms with E-state index in [-0.39, 0.29) is 5.78 Å². The van der Waals surface area contributed by atoms with Gasteiger partial charge < -0.3 is 0 Å². The van der Waals surface area contributed by atoms with Crippen molar-refractivity contribution in [3.05, 3.63) is 82.5 Å². The molecule has 0 saturated carbocycles. The lowest BCUT2D eigenvalue weighted by Gasteiger charge is -2.00. The van der Waals surface area contributed by atoms with Crippen LogP contribution in [0.25, 0.3) is 0 Å². The summed E-state index contributed by atoms with van der Waals surface area (Å²) in [6.45, 7) is 1.57. The Hall–Kier alpha value is -2.59. The highest BCUT2D eigenvalue weighted by Crippen LogP contribution is 2.29. The molecule has 0 N–H and O–H groups in total. The Balaban J connectivity index is 1.97. The number of hydrogen-bond acceptors (Lipinski definition) is 1. The van der Waals surface area contributed by atoms with E-state index >= 15 is 0 Å². The topological polar surface area (TPSA) is 17.1 Å². The molecule has 21 heavy (non-hydrogen) atoms. The molecule has 0 heterocycles. The van der Waals surface area contributed by atoms with Gasteiger partial charge in [-0.2, -0.15) is 0 Å². The molecule has 0 fully saturated rings. The molecule has 1 heteroatoms. The number of ketones is 1. The average Bonchev–Trinajstić information content (AvgIpc) is 2.87. The largest absolute Gasteiger partial charge is 0.295 e. The first-order chi connectivity index (χ1) is 10.2. The minimum absolute atomic E-state index is 0.0685. The lowest BCUT2D eigenvalue weighted by Crippen LogP contribution is -1.91. The van der Waals surface area contributed by atoms with Gasteiger partial charge in [-0.25, -0.2) is 0 Å². The molecule has 0 bridgehead atoms. The maximum atomic E-state index is 11.4. The van der Waals surface area contributed by atoms with Crippen LogP contribution in [0.4, 0.5) is 0 Å². The Bertz CT molecular complexity index is 774. The van der Waals surface area contributed by atoms with E-state index in [4.69, 9.17) is 0 Å². The van der Waals surface area contributed by atoms with Crippen molar-refractivity contribution in [2.75, 3.05) is 0 Å². The Kier molecular flexibility index (Phi) is 3.71. The van der Waals surface area contributed by atoms with Gasteiger partial charge in [0.15, 0.2) is 5.78 Å². The number of Topliss-reactive ketones (excluding diaryl/α,β-unsaturated/α-hetero) is 1. The van der Waals surface area contributed by atoms with Crippen LogP contribution in [0, 0.1) is 11.8 Å². The summed E-state index contributed by atoms with van der Waals surface area (Å²) in [6, 6.07) is 7.48. The normalized spacial score (nSPS) is 16.0. The zero-order valence-corrected chi connectivity index (χ0v) is 12.0. The van der Waals surface area contributed by atoms with E-state index in [1.807, 2.05) is 24.3 Å². The van der Waals surface area contributed by atoms with Crippen LogP contribution in [0.1, 0.15) is 35.7 Å². The fourth-order valence-electron chi connectivity index (χ4n) is 2.53. The van der Waals surface area contributed by atoms with E-state index in [1.54, 1.807) is 6.92 Å². The van der Waals surface area contributed by atoms with Crippen LogP contribution in [0.3, 0.4) is 0 Å². The molecule has 1 aromatic rings. The summed E-state index contributed by atoms with van der Waals surface area (Å²) < 4.78 is 0. The Morgan fingerprint density at radius 1 is 1.14 bits per heavy atom. The van der Waals surface area contributed by atoms with Gasteiger partial charge in [-0.15, -0.1) is 0 Å². The standard InChI is InChI=1S/C20H16O/c1-15(21)19-10-4-6-16(14-19)12-13-18-8-3-2-7-17-9-5-11-20(17)18/h3-8,10-11,14H,2,9H2,1H3. The molecule has 2 aliphatic rings. The SMILES string of the molecule is CC(=O)c1cccc(C#CC2=C3C=CCC3=CCC=C2)c1. The minimum atomic E-state index is 0.0685. The van der Waals surface area contributed by atoms with Gasteiger partial charge in [-0.05, 0) is 49.1 Å². The number of carbonyl (C=O) groups is 1. The molecule has 2 aliphatic carbocycles. The molecule has 0 radical (unpaired) electrons. The van der Waals surface area contributed by atoms with Crippen molar-refractivity contribution in [1.29, 1.82) is 0 Å². The second-order valence-corrected chi connectivity index (χ2v) is 5.19. The molecule has 1 nitrogen and oxygen atoms in total. The molecule has 0 atom stereocenters. The van der Waals surface area contributed by atoms with Gasteiger partial charge in [0.25, 0.3) is 0 Å². The molecule has 0 aromatic heterocycles. The second-order valence-electron chi connectivity index (χ2n) is 5.19. The molecule has 1 aromatic carbocycles. The summed E-state index contributed by atoms with van der Waals surface area (Å²) >= 11 is 0. The molecular formula is C20H16O. The van der Waals surface area contributed by atoms with Crippen molar-refractivity contribution < 1.29 is 4.79 Å². The van der Waals surface area contributed by atoms with Crippen molar-refractivity contribution in [2.24, 2.45) is 0 Å². The van der Waals surface area contributed by atoms with Gasteiger partial charge in [0.05, 0.1) is 0 Å². The van der Waals surface area contributed by atoms with Gasteiger partial charge in [-0.1, -0.05) is 48.3 Å². The monoisotopic (exact) mass is 272 g/mol. The third kappa shape index (κ3) is 2.95. The van der Waals surface area contributed by atoms with E-state index in [0.717, 1.165) is 24.0 Å². The highest BCUT2D eigenvalue weighted by Gasteiger charge is 2.11. The predicted octanol–water partition coefficient (Wildman–Crippen LogP) is 4.38. The van der Waals surface area contributed by atoms with E-state index in [2.05, 4.69) is 42.2 Å². The summed E-state index contributed by atoms with van der Waals surface area (Å²) in [4.78, 5) is 11.4. The number of fused-ring (bicyclic) bond motifs is 1. The second kappa shape index (κ2) is 5.81. The van der Waals surface area contributed by atoms with Crippen molar-refractivity contribution in [1.82, 2.24) is 0 Å². The smallest absolute Gasteiger partial charge is 0.159 e. The van der Waals surface area contributed by atoms with Crippen LogP contribution in [0.5, 0.6) is 0 Å². The highest BCUT2D eigenvalue weighted by atomic mass is 16.1. The first kappa shape index (κ1) is 13.4. The molecule has 0 spiro atoms. The maximum absolute atomic E-state index is 11.4. The van der Waals surface area contributed by atoms with Crippen molar-refractivity contribution in [3.8, 4) is 11.8 Å². The number of hydrogen-bond donors (Lipinski definition) is 0. The lowest BCUT2D eigenvalue weighted by molar-refractivity contribution is 0.101. The lowest BCUT2D eigenvalue weighted by atomic mass is 10.0. The van der Waals surface area contributed by atoms with Crippen molar-refractivity contribution in [3.63, 3.8) is 0 Å². The quantitative estimate of drug-likeness (QED) is 0.547. The average molecular weight is 272 g/mol. The van der Waals surface area contributed by atoms with Gasteiger partial charge >= 0.3 is 0 Å². The van der Waals surface area contributed by atoms with Gasteiger partial charge in [0.2, 0.25) is 0 Å². The van der Waals surface area contributed by atoms with Gasteiger partial charge in [0, 0.05) is 16.7 Å². The van der Waals surface area contributed by atoms with Crippen LogP contribution >= 0.6 is 0 Å². The van der Waals surface area contributed by atoms with Crippen LogP contribution in [-0.4, -0.2) is 5.78 Å². The van der Waals surface area contributed by atoms with E-state index in [0.29, 0.717) is 5.56 Å². The van der Waals surface area contributed by atoms with Crippen molar-refractivity contribution >= 4 is 5.78 Å². The first-order valence-corrected chi connectivity index (χ1v) is 7.14. The third-order valence-electron chi connectivity index (χ3n) is 3.65. The fourth-order valence-corrected chi connectivity index (χ4v) is 2.53. The van der Waals surface area contributed by atoms with E-state index in [1.165, 1.54) is 11.1 Å². The zero-order valence-electron chi connectivity index (χ0n) is 12.0. The Morgan fingerprint density at radius 2 is 2.05 bits per heavy atom. The number of benzene rings is 1. The Morgan fingerprint density at radius 3 is 2.90 bits per heavy atom. The number of rotatable bonds is 1. The van der Waals surface area contributed by atoms with Gasteiger partial charge in [-0.3, -0.25) is 4.79 Å². The van der Waals surface area contributed by atoms with Crippen LogP contribution < -0.4 is 0 Å². The number of allylic oxidation sites excluding steroid dienone is 8. The summed E-state index contributed by atoms with van der Waals surface area (Å²) in [5.74, 6) is 6.50.